The Bertz CT molecular complexity index is 383. The van der Waals surface area contributed by atoms with E-state index in [-0.39, 0.29) is 11.2 Å². The van der Waals surface area contributed by atoms with Crippen molar-refractivity contribution in [2.45, 2.75) is 6.92 Å². The van der Waals surface area contributed by atoms with Crippen molar-refractivity contribution >= 4 is 5.69 Å². The van der Waals surface area contributed by atoms with Crippen LogP contribution in [0.15, 0.2) is 23.3 Å². The van der Waals surface area contributed by atoms with E-state index in [1.54, 1.807) is 6.92 Å². The molecule has 0 aliphatic rings. The van der Waals surface area contributed by atoms with Gasteiger partial charge in [0.2, 0.25) is 0 Å². The monoisotopic (exact) mass is 183 g/mol. The molecule has 0 radical (unpaired) electrons. The summed E-state index contributed by atoms with van der Waals surface area (Å²) < 4.78 is 0.747. The highest BCUT2D eigenvalue weighted by Crippen LogP contribution is 2.04. The van der Waals surface area contributed by atoms with Crippen LogP contribution in [0.25, 0.3) is 0 Å². The van der Waals surface area contributed by atoms with Gasteiger partial charge < -0.3 is 5.21 Å². The number of rotatable bonds is 2. The number of hydrogen-bond donors (Lipinski definition) is 1. The van der Waals surface area contributed by atoms with Gasteiger partial charge in [0.15, 0.2) is 5.49 Å². The van der Waals surface area contributed by atoms with E-state index in [1.807, 2.05) is 0 Å². The lowest BCUT2D eigenvalue weighted by atomic mass is 10.4. The van der Waals surface area contributed by atoms with Crippen molar-refractivity contribution in [3.05, 3.63) is 33.9 Å². The number of nitrogens with zero attached hydrogens (tertiary/aromatic N) is 3. The molecule has 70 valence electrons. The average molecular weight is 183 g/mol. The van der Waals surface area contributed by atoms with Crippen molar-refractivity contribution in [3.8, 4) is 0 Å². The van der Waals surface area contributed by atoms with Crippen LogP contribution in [0.5, 0.6) is 0 Å². The zero-order valence-corrected chi connectivity index (χ0v) is 7.04. The molecule has 0 bridgehead atoms. The van der Waals surface area contributed by atoms with E-state index in [0.29, 0.717) is 6.54 Å². The Balaban J connectivity index is 3.27. The molecule has 6 nitrogen and oxygen atoms in total. The highest BCUT2D eigenvalue weighted by atomic mass is 16.6. The van der Waals surface area contributed by atoms with Gasteiger partial charge in [0.1, 0.15) is 0 Å². The molecule has 6 heteroatoms. The summed E-state index contributed by atoms with van der Waals surface area (Å²) in [6.45, 7) is 2.24. The molecule has 0 saturated heterocycles. The summed E-state index contributed by atoms with van der Waals surface area (Å²) in [5, 5.41) is 19.5. The molecule has 0 aliphatic carbocycles. The van der Waals surface area contributed by atoms with Crippen molar-refractivity contribution in [2.75, 3.05) is 6.54 Å². The zero-order valence-electron chi connectivity index (χ0n) is 7.04. The van der Waals surface area contributed by atoms with Crippen LogP contribution in [-0.2, 0) is 0 Å². The maximum absolute atomic E-state index is 10.3. The van der Waals surface area contributed by atoms with Crippen LogP contribution in [0, 0.1) is 10.1 Å². The second kappa shape index (κ2) is 3.70. The highest BCUT2D eigenvalue weighted by molar-refractivity contribution is 5.25. The van der Waals surface area contributed by atoms with E-state index in [9.17, 15) is 10.1 Å². The topological polar surface area (TPSA) is 80.7 Å². The smallest absolute Gasteiger partial charge is 0.274 e. The van der Waals surface area contributed by atoms with Gasteiger partial charge in [-0.2, -0.15) is 4.73 Å². The van der Waals surface area contributed by atoms with Gasteiger partial charge in [-0.05, 0) is 6.92 Å². The molecule has 1 aromatic rings. The summed E-state index contributed by atoms with van der Waals surface area (Å²) in [7, 11) is 0. The lowest BCUT2D eigenvalue weighted by Crippen LogP contribution is -2.18. The number of hydrogen-bond acceptors (Lipinski definition) is 4. The maximum Gasteiger partial charge on any atom is 0.274 e. The molecule has 0 fully saturated rings. The molecular formula is C7H9N3O3. The summed E-state index contributed by atoms with van der Waals surface area (Å²) in [4.78, 5) is 13.7. The fourth-order valence-corrected chi connectivity index (χ4v) is 0.864. The van der Waals surface area contributed by atoms with Crippen LogP contribution in [0.1, 0.15) is 6.92 Å². The number of aromatic nitrogens is 1. The standard InChI is InChI=1S/C7H9N3O3/c1-2-8-7-5-6(10(12)13)3-4-9(7)11/h3-5,11H,2H2,1H3. The second-order valence-electron chi connectivity index (χ2n) is 2.32. The van der Waals surface area contributed by atoms with Crippen LogP contribution >= 0.6 is 0 Å². The van der Waals surface area contributed by atoms with E-state index in [2.05, 4.69) is 4.99 Å². The van der Waals surface area contributed by atoms with Gasteiger partial charge >= 0.3 is 0 Å². The minimum Gasteiger partial charge on any atom is -0.427 e. The van der Waals surface area contributed by atoms with E-state index in [1.165, 1.54) is 18.3 Å². The third kappa shape index (κ3) is 2.05. The highest BCUT2D eigenvalue weighted by Gasteiger charge is 2.04. The molecule has 1 aromatic heterocycles. The molecule has 1 N–H and O–H groups in total. The summed E-state index contributed by atoms with van der Waals surface area (Å²) in [5.74, 6) is 0. The largest absolute Gasteiger partial charge is 0.427 e. The van der Waals surface area contributed by atoms with Crippen molar-refractivity contribution in [1.82, 2.24) is 4.73 Å². The first kappa shape index (κ1) is 9.24. The van der Waals surface area contributed by atoms with E-state index < -0.39 is 4.92 Å². The number of pyridine rings is 1. The van der Waals surface area contributed by atoms with Crippen molar-refractivity contribution in [1.29, 1.82) is 0 Å². The summed E-state index contributed by atoms with van der Waals surface area (Å²) >= 11 is 0. The second-order valence-corrected chi connectivity index (χ2v) is 2.32. The SMILES string of the molecule is CCN=c1cc([N+](=O)[O-])ccn1O. The lowest BCUT2D eigenvalue weighted by Gasteiger charge is -1.96. The van der Waals surface area contributed by atoms with E-state index in [4.69, 9.17) is 5.21 Å². The van der Waals surface area contributed by atoms with Gasteiger partial charge in [-0.3, -0.25) is 15.1 Å². The molecule has 0 atom stereocenters. The normalized spacial score (nSPS) is 11.6. The Morgan fingerprint density at radius 3 is 3.00 bits per heavy atom. The summed E-state index contributed by atoms with van der Waals surface area (Å²) in [5.41, 5.74) is 0.0919. The van der Waals surface area contributed by atoms with Crippen molar-refractivity contribution in [2.24, 2.45) is 4.99 Å². The predicted molar refractivity (Wildman–Crippen MR) is 44.4 cm³/mol. The van der Waals surface area contributed by atoms with Gasteiger partial charge in [-0.15, -0.1) is 0 Å². The fourth-order valence-electron chi connectivity index (χ4n) is 0.864. The van der Waals surface area contributed by atoms with Gasteiger partial charge in [0.05, 0.1) is 17.2 Å². The van der Waals surface area contributed by atoms with Crippen LogP contribution in [0.2, 0.25) is 0 Å². The molecule has 1 rings (SSSR count). The van der Waals surface area contributed by atoms with Crippen LogP contribution < -0.4 is 5.49 Å². The summed E-state index contributed by atoms with van der Waals surface area (Å²) in [6, 6.07) is 2.41. The first-order chi connectivity index (χ1) is 6.15. The first-order valence-corrected chi connectivity index (χ1v) is 3.72. The van der Waals surface area contributed by atoms with Crippen LogP contribution in [0.4, 0.5) is 5.69 Å². The van der Waals surface area contributed by atoms with E-state index in [0.717, 1.165) is 4.73 Å². The lowest BCUT2D eigenvalue weighted by molar-refractivity contribution is -0.385. The third-order valence-electron chi connectivity index (χ3n) is 1.43. The molecule has 1 heterocycles. The average Bonchev–Trinajstić information content (AvgIpc) is 2.08. The molecule has 0 aromatic carbocycles. The Labute approximate surface area is 73.9 Å². The number of nitro groups is 1. The maximum atomic E-state index is 10.3. The van der Waals surface area contributed by atoms with Crippen molar-refractivity contribution in [3.63, 3.8) is 0 Å². The molecular weight excluding hydrogens is 174 g/mol. The van der Waals surface area contributed by atoms with E-state index >= 15 is 0 Å². The minimum absolute atomic E-state index is 0.0856. The molecule has 0 unspecified atom stereocenters. The Morgan fingerprint density at radius 2 is 2.46 bits per heavy atom. The zero-order chi connectivity index (χ0) is 9.84. The molecule has 0 spiro atoms. The Hall–Kier alpha value is -1.85. The van der Waals surface area contributed by atoms with Crippen molar-refractivity contribution < 1.29 is 10.1 Å². The summed E-state index contributed by atoms with van der Waals surface area (Å²) in [6.07, 6.45) is 1.19. The van der Waals surface area contributed by atoms with Crippen LogP contribution in [-0.4, -0.2) is 21.4 Å². The van der Waals surface area contributed by atoms with Crippen LogP contribution in [0.3, 0.4) is 0 Å². The quantitative estimate of drug-likeness (QED) is 0.413. The Kier molecular flexibility index (Phi) is 2.63. The molecule has 13 heavy (non-hydrogen) atoms. The third-order valence-corrected chi connectivity index (χ3v) is 1.43. The molecule has 0 amide bonds. The Morgan fingerprint density at radius 1 is 1.77 bits per heavy atom. The predicted octanol–water partition coefficient (Wildman–Crippen LogP) is 0.554. The van der Waals surface area contributed by atoms with Gasteiger partial charge in [-0.1, -0.05) is 0 Å². The minimum atomic E-state index is -0.533. The first-order valence-electron chi connectivity index (χ1n) is 3.72. The molecule has 0 aliphatic heterocycles. The molecule has 0 saturated carbocycles. The van der Waals surface area contributed by atoms with Gasteiger partial charge in [0, 0.05) is 12.6 Å². The van der Waals surface area contributed by atoms with Gasteiger partial charge in [-0.25, -0.2) is 0 Å². The fraction of sp³-hybridized carbons (Fsp3) is 0.286. The van der Waals surface area contributed by atoms with Gasteiger partial charge in [0.25, 0.3) is 5.69 Å².